The van der Waals surface area contributed by atoms with Crippen LogP contribution < -0.4 is 15.8 Å². The maximum atomic E-state index is 12.6. The predicted octanol–water partition coefficient (Wildman–Crippen LogP) is 5.93. The molecule has 1 saturated carbocycles. The minimum atomic E-state index is -0.335. The quantitative estimate of drug-likeness (QED) is 0.518. The zero-order valence-electron chi connectivity index (χ0n) is 19.7. The van der Waals surface area contributed by atoms with Crippen molar-refractivity contribution in [3.8, 4) is 5.75 Å². The van der Waals surface area contributed by atoms with Crippen molar-refractivity contribution in [3.63, 3.8) is 0 Å². The van der Waals surface area contributed by atoms with E-state index in [9.17, 15) is 4.79 Å². The Kier molecular flexibility index (Phi) is 10.1. The Labute approximate surface area is 207 Å². The van der Waals surface area contributed by atoms with Crippen molar-refractivity contribution in [2.45, 2.75) is 52.4 Å². The second-order valence-electron chi connectivity index (χ2n) is 8.21. The number of nitrogens with two attached hydrogens (primary N) is 1. The Morgan fingerprint density at radius 1 is 1.18 bits per heavy atom. The monoisotopic (exact) mass is 492 g/mol. The highest BCUT2D eigenvalue weighted by atomic mass is 35.5. The first-order chi connectivity index (χ1) is 15.8. The number of hydrogen-bond acceptors (Lipinski definition) is 3. The summed E-state index contributed by atoms with van der Waals surface area (Å²) in [5, 5.41) is 4.56. The predicted molar refractivity (Wildman–Crippen MR) is 135 cm³/mol. The van der Waals surface area contributed by atoms with Gasteiger partial charge in [0, 0.05) is 16.6 Å². The Morgan fingerprint density at radius 2 is 1.82 bits per heavy atom. The molecule has 1 saturated heterocycles. The van der Waals surface area contributed by atoms with Crippen LogP contribution in [-0.4, -0.2) is 25.5 Å². The summed E-state index contributed by atoms with van der Waals surface area (Å²) >= 11 is 12.8. The molecule has 2 aromatic rings. The smallest absolute Gasteiger partial charge is 0.226 e. The molecule has 0 radical (unpaired) electrons. The molecule has 5 nitrogen and oxygen atoms in total. The summed E-state index contributed by atoms with van der Waals surface area (Å²) in [6.07, 6.45) is 2.03. The number of primary amides is 1. The van der Waals surface area contributed by atoms with Crippen molar-refractivity contribution >= 4 is 35.5 Å². The molecule has 7 heteroatoms. The van der Waals surface area contributed by atoms with Gasteiger partial charge in [0.05, 0.1) is 12.0 Å². The molecular formula is C26H34Cl2N2O3. The van der Waals surface area contributed by atoms with Gasteiger partial charge in [0.2, 0.25) is 12.3 Å². The number of fused-ring (bicyclic) bond motifs is 1. The molecule has 1 heterocycles. The number of hydrogen-bond donors (Lipinski definition) is 2. The molecule has 4 atom stereocenters. The fourth-order valence-electron chi connectivity index (χ4n) is 5.10. The number of benzene rings is 2. The Bertz CT molecular complexity index is 936. The van der Waals surface area contributed by atoms with Gasteiger partial charge in [-0.25, -0.2) is 0 Å². The summed E-state index contributed by atoms with van der Waals surface area (Å²) < 4.78 is 5.60. The molecule has 0 spiro atoms. The number of rotatable bonds is 4. The normalized spacial score (nSPS) is 25.4. The van der Waals surface area contributed by atoms with Crippen LogP contribution >= 0.6 is 23.2 Å². The zero-order chi connectivity index (χ0) is 24.6. The molecule has 2 aromatic carbocycles. The molecule has 1 aliphatic carbocycles. The molecule has 33 heavy (non-hydrogen) atoms. The lowest BCUT2D eigenvalue weighted by Gasteiger charge is -2.45. The average molecular weight is 493 g/mol. The number of nitrogens with one attached hydrogen (secondary N) is 1. The molecule has 2 aliphatic rings. The molecule has 0 bridgehead atoms. The first-order valence-electron chi connectivity index (χ1n) is 11.5. The van der Waals surface area contributed by atoms with E-state index >= 15 is 0 Å². The van der Waals surface area contributed by atoms with Crippen molar-refractivity contribution in [2.75, 3.05) is 13.2 Å². The Hall–Kier alpha value is -2.24. The topological polar surface area (TPSA) is 81.4 Å². The lowest BCUT2D eigenvalue weighted by Crippen LogP contribution is -2.41. The fourth-order valence-corrected chi connectivity index (χ4v) is 5.54. The fraction of sp³-hybridized carbons (Fsp3) is 0.462. The first-order valence-corrected chi connectivity index (χ1v) is 12.2. The standard InChI is InChI=1S/C23H25Cl2NO2.C2H6.CH3NO/c1-3-28-16-8-9-17(20(25)12-16)18-10-11-23(2)19(13-26-22(23)27)21(18)14-4-6-15(24)7-5-14;1-2;2-1-3/h4-9,12,18-19,21H,3,10-11,13H2,1-2H3,(H,26,27);1-2H3;1H,(H2,2,3). The summed E-state index contributed by atoms with van der Waals surface area (Å²) in [4.78, 5) is 21.2. The third-order valence-electron chi connectivity index (χ3n) is 6.60. The molecule has 180 valence electrons. The zero-order valence-corrected chi connectivity index (χ0v) is 21.2. The first kappa shape index (κ1) is 27.0. The van der Waals surface area contributed by atoms with Crippen LogP contribution in [0.25, 0.3) is 0 Å². The van der Waals surface area contributed by atoms with Gasteiger partial charge >= 0.3 is 0 Å². The maximum Gasteiger partial charge on any atom is 0.226 e. The van der Waals surface area contributed by atoms with Gasteiger partial charge in [-0.05, 0) is 72.9 Å². The summed E-state index contributed by atoms with van der Waals surface area (Å²) in [5.41, 5.74) is 6.18. The van der Waals surface area contributed by atoms with Crippen molar-refractivity contribution in [1.82, 2.24) is 5.32 Å². The van der Waals surface area contributed by atoms with Crippen molar-refractivity contribution in [1.29, 1.82) is 0 Å². The molecule has 1 aliphatic heterocycles. The second-order valence-corrected chi connectivity index (χ2v) is 9.05. The molecule has 2 amide bonds. The lowest BCUT2D eigenvalue weighted by atomic mass is 9.57. The molecule has 3 N–H and O–H groups in total. The maximum absolute atomic E-state index is 12.6. The molecule has 0 aromatic heterocycles. The van der Waals surface area contributed by atoms with Gasteiger partial charge in [0.1, 0.15) is 5.75 Å². The van der Waals surface area contributed by atoms with Gasteiger partial charge in [-0.15, -0.1) is 0 Å². The van der Waals surface area contributed by atoms with Crippen molar-refractivity contribution in [3.05, 3.63) is 63.6 Å². The van der Waals surface area contributed by atoms with Crippen LogP contribution in [0.4, 0.5) is 0 Å². The number of amides is 2. The number of carbonyl (C=O) groups excluding carboxylic acids is 2. The third kappa shape index (κ3) is 5.82. The summed E-state index contributed by atoms with van der Waals surface area (Å²) in [5.74, 6) is 1.63. The van der Waals surface area contributed by atoms with E-state index in [-0.39, 0.29) is 35.5 Å². The van der Waals surface area contributed by atoms with Crippen LogP contribution in [0.1, 0.15) is 63.5 Å². The minimum Gasteiger partial charge on any atom is -0.494 e. The molecule has 2 fully saturated rings. The summed E-state index contributed by atoms with van der Waals surface area (Å²) in [6, 6.07) is 14.1. The van der Waals surface area contributed by atoms with Crippen LogP contribution in [0.3, 0.4) is 0 Å². The third-order valence-corrected chi connectivity index (χ3v) is 7.18. The highest BCUT2D eigenvalue weighted by Gasteiger charge is 2.54. The van der Waals surface area contributed by atoms with Crippen LogP contribution in [0.15, 0.2) is 42.5 Å². The van der Waals surface area contributed by atoms with Crippen LogP contribution in [0.2, 0.25) is 10.0 Å². The van der Waals surface area contributed by atoms with E-state index in [1.165, 1.54) is 5.56 Å². The van der Waals surface area contributed by atoms with Crippen molar-refractivity contribution in [2.24, 2.45) is 17.1 Å². The highest BCUT2D eigenvalue weighted by molar-refractivity contribution is 6.31. The number of carbonyl (C=O) groups is 2. The van der Waals surface area contributed by atoms with E-state index in [0.717, 1.165) is 34.2 Å². The van der Waals surface area contributed by atoms with Gasteiger partial charge in [-0.3, -0.25) is 9.59 Å². The highest BCUT2D eigenvalue weighted by Crippen LogP contribution is 2.57. The molecule has 4 unspecified atom stereocenters. The van der Waals surface area contributed by atoms with E-state index in [2.05, 4.69) is 36.2 Å². The van der Waals surface area contributed by atoms with Crippen LogP contribution in [0.5, 0.6) is 5.75 Å². The van der Waals surface area contributed by atoms with Crippen molar-refractivity contribution < 1.29 is 14.3 Å². The number of halogens is 2. The van der Waals surface area contributed by atoms with E-state index < -0.39 is 0 Å². The largest absolute Gasteiger partial charge is 0.494 e. The summed E-state index contributed by atoms with van der Waals surface area (Å²) in [6.45, 7) is 9.39. The second kappa shape index (κ2) is 12.3. The van der Waals surface area contributed by atoms with E-state index in [4.69, 9.17) is 32.7 Å². The Balaban J connectivity index is 0.000000714. The van der Waals surface area contributed by atoms with E-state index in [1.54, 1.807) is 0 Å². The number of ether oxygens (including phenoxy) is 1. The van der Waals surface area contributed by atoms with Crippen LogP contribution in [-0.2, 0) is 9.59 Å². The Morgan fingerprint density at radius 3 is 2.39 bits per heavy atom. The van der Waals surface area contributed by atoms with E-state index in [1.807, 2.05) is 45.0 Å². The summed E-state index contributed by atoms with van der Waals surface area (Å²) in [7, 11) is 0. The van der Waals surface area contributed by atoms with Gasteiger partial charge in [-0.1, -0.05) is 62.2 Å². The lowest BCUT2D eigenvalue weighted by molar-refractivity contribution is -0.129. The van der Waals surface area contributed by atoms with Gasteiger partial charge in [0.25, 0.3) is 0 Å². The van der Waals surface area contributed by atoms with Gasteiger partial charge in [0.15, 0.2) is 0 Å². The average Bonchev–Trinajstić information content (AvgIpc) is 3.11. The van der Waals surface area contributed by atoms with E-state index in [0.29, 0.717) is 13.2 Å². The van der Waals surface area contributed by atoms with Crippen LogP contribution in [0, 0.1) is 11.3 Å². The minimum absolute atomic E-state index is 0.174. The van der Waals surface area contributed by atoms with Gasteiger partial charge < -0.3 is 15.8 Å². The van der Waals surface area contributed by atoms with Gasteiger partial charge in [-0.2, -0.15) is 0 Å². The molecular weight excluding hydrogens is 459 g/mol. The molecule has 4 rings (SSSR count). The SMILES string of the molecule is CC.CCOc1ccc(C2CCC3(C)C(=O)NCC3C2c2ccc(Cl)cc2)c(Cl)c1.NC=O.